The topological polar surface area (TPSA) is 119 Å². The number of fused-ring (bicyclic) bond motifs is 1. The smallest absolute Gasteiger partial charge is 0.326 e. The molecular formula is C14H14N2O5. The fourth-order valence-electron chi connectivity index (χ4n) is 2.04. The number of aliphatic carboxylic acids is 2. The van der Waals surface area contributed by atoms with Crippen molar-refractivity contribution in [1.82, 2.24) is 10.3 Å². The van der Waals surface area contributed by atoms with Gasteiger partial charge in [0.1, 0.15) is 11.7 Å². The Morgan fingerprint density at radius 1 is 1.29 bits per heavy atom. The van der Waals surface area contributed by atoms with E-state index in [2.05, 4.69) is 10.3 Å². The second-order valence-electron chi connectivity index (χ2n) is 4.68. The maximum absolute atomic E-state index is 12.0. The summed E-state index contributed by atoms with van der Waals surface area (Å²) in [5, 5.41) is 20.6. The van der Waals surface area contributed by atoms with Crippen molar-refractivity contribution in [2.24, 2.45) is 0 Å². The van der Waals surface area contributed by atoms with Gasteiger partial charge in [-0.15, -0.1) is 0 Å². The number of rotatable bonds is 5. The van der Waals surface area contributed by atoms with Gasteiger partial charge in [-0.1, -0.05) is 18.2 Å². The first kappa shape index (κ1) is 14.6. The third kappa shape index (κ3) is 3.19. The molecule has 1 heterocycles. The van der Waals surface area contributed by atoms with Crippen LogP contribution in [0.15, 0.2) is 24.3 Å². The van der Waals surface area contributed by atoms with Gasteiger partial charge in [-0.3, -0.25) is 9.59 Å². The maximum Gasteiger partial charge on any atom is 0.326 e. The second-order valence-corrected chi connectivity index (χ2v) is 4.68. The van der Waals surface area contributed by atoms with Crippen LogP contribution < -0.4 is 5.32 Å². The summed E-state index contributed by atoms with van der Waals surface area (Å²) >= 11 is 0. The molecule has 0 aliphatic heterocycles. The van der Waals surface area contributed by atoms with Gasteiger partial charge in [-0.25, -0.2) is 4.79 Å². The number of carbonyl (C=O) groups excluding carboxylic acids is 1. The molecule has 110 valence electrons. The highest BCUT2D eigenvalue weighted by molar-refractivity contribution is 6.00. The molecule has 21 heavy (non-hydrogen) atoms. The molecule has 4 N–H and O–H groups in total. The number of para-hydroxylation sites is 1. The fraction of sp³-hybridized carbons (Fsp3) is 0.214. The molecule has 0 aliphatic carbocycles. The number of carboxylic acid groups (broad SMARTS) is 2. The Hall–Kier alpha value is -2.83. The first-order chi connectivity index (χ1) is 9.88. The Morgan fingerprint density at radius 3 is 2.57 bits per heavy atom. The lowest BCUT2D eigenvalue weighted by atomic mass is 10.2. The molecule has 1 atom stereocenters. The van der Waals surface area contributed by atoms with Crippen molar-refractivity contribution in [2.75, 3.05) is 0 Å². The van der Waals surface area contributed by atoms with Crippen molar-refractivity contribution in [2.45, 2.75) is 19.4 Å². The van der Waals surface area contributed by atoms with Gasteiger partial charge in [-0.2, -0.15) is 0 Å². The minimum atomic E-state index is -1.47. The molecule has 1 amide bonds. The normalized spacial score (nSPS) is 12.0. The molecule has 1 aromatic carbocycles. The summed E-state index contributed by atoms with van der Waals surface area (Å²) in [6, 6.07) is 5.67. The summed E-state index contributed by atoms with van der Waals surface area (Å²) in [7, 11) is 0. The highest BCUT2D eigenvalue weighted by atomic mass is 16.4. The number of amides is 1. The number of hydrogen-bond acceptors (Lipinski definition) is 3. The van der Waals surface area contributed by atoms with Gasteiger partial charge in [0, 0.05) is 10.9 Å². The number of H-pyrrole nitrogens is 1. The molecule has 0 radical (unpaired) electrons. The summed E-state index contributed by atoms with van der Waals surface area (Å²) in [5.41, 5.74) is 1.93. The third-order valence-corrected chi connectivity index (χ3v) is 3.09. The van der Waals surface area contributed by atoms with Crippen molar-refractivity contribution in [3.05, 3.63) is 35.5 Å². The van der Waals surface area contributed by atoms with Gasteiger partial charge in [0.15, 0.2) is 0 Å². The van der Waals surface area contributed by atoms with E-state index in [1.807, 2.05) is 25.1 Å². The molecular weight excluding hydrogens is 276 g/mol. The summed E-state index contributed by atoms with van der Waals surface area (Å²) in [5.74, 6) is -3.34. The number of benzene rings is 1. The van der Waals surface area contributed by atoms with Crippen molar-refractivity contribution >= 4 is 28.7 Å². The number of aromatic nitrogens is 1. The fourth-order valence-corrected chi connectivity index (χ4v) is 2.04. The number of hydrogen-bond donors (Lipinski definition) is 4. The molecule has 0 saturated heterocycles. The van der Waals surface area contributed by atoms with E-state index in [1.54, 1.807) is 6.07 Å². The van der Waals surface area contributed by atoms with Gasteiger partial charge in [-0.05, 0) is 18.6 Å². The summed E-state index contributed by atoms with van der Waals surface area (Å²) < 4.78 is 0. The predicted molar refractivity (Wildman–Crippen MR) is 74.2 cm³/mol. The molecule has 2 rings (SSSR count). The lowest BCUT2D eigenvalue weighted by Crippen LogP contribution is -2.42. The van der Waals surface area contributed by atoms with Crippen LogP contribution in [0.5, 0.6) is 0 Å². The van der Waals surface area contributed by atoms with E-state index < -0.39 is 30.3 Å². The van der Waals surface area contributed by atoms with Gasteiger partial charge in [0.05, 0.1) is 6.42 Å². The van der Waals surface area contributed by atoms with Crippen LogP contribution in [-0.2, 0) is 9.59 Å². The zero-order valence-electron chi connectivity index (χ0n) is 11.2. The molecule has 1 aromatic heterocycles. The van der Waals surface area contributed by atoms with Gasteiger partial charge >= 0.3 is 11.9 Å². The van der Waals surface area contributed by atoms with Crippen molar-refractivity contribution in [3.8, 4) is 0 Å². The highest BCUT2D eigenvalue weighted by Crippen LogP contribution is 2.18. The van der Waals surface area contributed by atoms with E-state index in [0.717, 1.165) is 16.5 Å². The van der Waals surface area contributed by atoms with Crippen LogP contribution in [0.3, 0.4) is 0 Å². The average molecular weight is 290 g/mol. The Balaban J connectivity index is 2.23. The van der Waals surface area contributed by atoms with Crippen LogP contribution in [0, 0.1) is 6.92 Å². The van der Waals surface area contributed by atoms with E-state index in [-0.39, 0.29) is 5.69 Å². The standard InChI is InChI=1S/C14H14N2O5/c1-7-3-2-4-8-5-9(15-12(7)8)13(19)16-10(14(20)21)6-11(17)18/h2-5,10,15H,6H2,1H3,(H,16,19)(H,17,18)(H,20,21)/t10-/m0/s1. The third-order valence-electron chi connectivity index (χ3n) is 3.09. The first-order valence-corrected chi connectivity index (χ1v) is 6.22. The molecule has 7 nitrogen and oxygen atoms in total. The quantitative estimate of drug-likeness (QED) is 0.658. The zero-order valence-corrected chi connectivity index (χ0v) is 11.2. The SMILES string of the molecule is Cc1cccc2cc(C(=O)N[C@@H](CC(=O)O)C(=O)O)[nH]c12. The molecule has 7 heteroatoms. The Bertz CT molecular complexity index is 719. The zero-order chi connectivity index (χ0) is 15.6. The Morgan fingerprint density at radius 2 is 2.00 bits per heavy atom. The van der Waals surface area contributed by atoms with Crippen LogP contribution >= 0.6 is 0 Å². The minimum absolute atomic E-state index is 0.191. The number of aromatic amines is 1. The second kappa shape index (κ2) is 5.66. The van der Waals surface area contributed by atoms with Gasteiger partial charge < -0.3 is 20.5 Å². The molecule has 2 aromatic rings. The summed E-state index contributed by atoms with van der Waals surface area (Å²) in [6.07, 6.45) is -0.680. The first-order valence-electron chi connectivity index (χ1n) is 6.22. The van der Waals surface area contributed by atoms with Crippen molar-refractivity contribution < 1.29 is 24.6 Å². The highest BCUT2D eigenvalue weighted by Gasteiger charge is 2.24. The van der Waals surface area contributed by atoms with Crippen LogP contribution in [0.1, 0.15) is 22.5 Å². The van der Waals surface area contributed by atoms with Crippen LogP contribution in [0.25, 0.3) is 10.9 Å². The van der Waals surface area contributed by atoms with E-state index in [0.29, 0.717) is 0 Å². The largest absolute Gasteiger partial charge is 0.481 e. The van der Waals surface area contributed by atoms with Crippen LogP contribution in [0.4, 0.5) is 0 Å². The van der Waals surface area contributed by atoms with Crippen molar-refractivity contribution in [3.63, 3.8) is 0 Å². The van der Waals surface area contributed by atoms with E-state index in [4.69, 9.17) is 10.2 Å². The molecule has 0 saturated carbocycles. The molecule has 0 aliphatic rings. The number of nitrogens with one attached hydrogen (secondary N) is 2. The molecule has 0 fully saturated rings. The Kier molecular flexibility index (Phi) is 3.93. The lowest BCUT2D eigenvalue weighted by Gasteiger charge is -2.11. The van der Waals surface area contributed by atoms with Gasteiger partial charge in [0.2, 0.25) is 0 Å². The van der Waals surface area contributed by atoms with E-state index >= 15 is 0 Å². The number of carboxylic acids is 2. The predicted octanol–water partition coefficient (Wildman–Crippen LogP) is 1.13. The average Bonchev–Trinajstić information content (AvgIpc) is 2.82. The molecule has 0 bridgehead atoms. The van der Waals surface area contributed by atoms with Gasteiger partial charge in [0.25, 0.3) is 5.91 Å². The lowest BCUT2D eigenvalue weighted by molar-refractivity contribution is -0.145. The number of aryl methyl sites for hydroxylation is 1. The van der Waals surface area contributed by atoms with E-state index in [1.165, 1.54) is 0 Å². The summed E-state index contributed by atoms with van der Waals surface area (Å²) in [6.45, 7) is 1.88. The van der Waals surface area contributed by atoms with E-state index in [9.17, 15) is 14.4 Å². The van der Waals surface area contributed by atoms with Crippen molar-refractivity contribution in [1.29, 1.82) is 0 Å². The monoisotopic (exact) mass is 290 g/mol. The number of carbonyl (C=O) groups is 3. The Labute approximate surface area is 119 Å². The molecule has 0 unspecified atom stereocenters. The summed E-state index contributed by atoms with van der Waals surface area (Å²) in [4.78, 5) is 36.5. The molecule has 0 spiro atoms. The minimum Gasteiger partial charge on any atom is -0.481 e. The maximum atomic E-state index is 12.0. The van der Waals surface area contributed by atoms with Crippen LogP contribution in [0.2, 0.25) is 0 Å². The van der Waals surface area contributed by atoms with Crippen LogP contribution in [-0.4, -0.2) is 39.1 Å².